The minimum atomic E-state index is -1.32. The number of carboxylic acid groups (broad SMARTS) is 1. The molecule has 2 atom stereocenters. The molecule has 2 unspecified atom stereocenters. The summed E-state index contributed by atoms with van der Waals surface area (Å²) < 4.78 is 4.93. The highest BCUT2D eigenvalue weighted by Crippen LogP contribution is 2.44. The highest BCUT2D eigenvalue weighted by Gasteiger charge is 2.32. The number of halogens is 2. The van der Waals surface area contributed by atoms with Gasteiger partial charge in [-0.25, -0.2) is 4.79 Å². The summed E-state index contributed by atoms with van der Waals surface area (Å²) in [7, 11) is 0. The van der Waals surface area contributed by atoms with Crippen LogP contribution in [-0.4, -0.2) is 17.5 Å². The zero-order chi connectivity index (χ0) is 16.6. The molecular formula is C17H15Cl2NO3. The maximum Gasteiger partial charge on any atom is 0.507 e. The first-order valence-electron chi connectivity index (χ1n) is 7.15. The van der Waals surface area contributed by atoms with E-state index in [9.17, 15) is 4.79 Å². The van der Waals surface area contributed by atoms with Crippen molar-refractivity contribution in [2.45, 2.75) is 25.5 Å². The molecule has 0 amide bonds. The van der Waals surface area contributed by atoms with Gasteiger partial charge in [0.15, 0.2) is 6.23 Å². The van der Waals surface area contributed by atoms with Crippen LogP contribution in [0.4, 0.5) is 10.5 Å². The third kappa shape index (κ3) is 3.38. The monoisotopic (exact) mass is 351 g/mol. The number of nitrogens with one attached hydrogen (secondary N) is 1. The molecule has 1 heterocycles. The standard InChI is InChI=1S/C17H15Cl2NO3/c1-9-3-2-4-10(5-9)12-8-15(23-17(21)22)20-14-7-11(18)6-13(19)16(12)14/h2-7,12,15,20H,8H2,1H3,(H,21,22). The van der Waals surface area contributed by atoms with Gasteiger partial charge in [-0.3, -0.25) is 0 Å². The molecule has 4 nitrogen and oxygen atoms in total. The summed E-state index contributed by atoms with van der Waals surface area (Å²) in [4.78, 5) is 10.9. The third-order valence-electron chi connectivity index (χ3n) is 3.90. The van der Waals surface area contributed by atoms with Crippen LogP contribution in [0.2, 0.25) is 10.0 Å². The van der Waals surface area contributed by atoms with Crippen LogP contribution in [0.15, 0.2) is 36.4 Å². The second-order valence-electron chi connectivity index (χ2n) is 5.57. The number of anilines is 1. The normalized spacial score (nSPS) is 19.6. The topological polar surface area (TPSA) is 58.6 Å². The van der Waals surface area contributed by atoms with Gasteiger partial charge in [0.05, 0.1) is 0 Å². The molecule has 2 N–H and O–H groups in total. The van der Waals surface area contributed by atoms with E-state index in [1.54, 1.807) is 12.1 Å². The maximum absolute atomic E-state index is 10.9. The van der Waals surface area contributed by atoms with Crippen LogP contribution in [-0.2, 0) is 4.74 Å². The van der Waals surface area contributed by atoms with Crippen molar-refractivity contribution in [1.29, 1.82) is 0 Å². The molecule has 3 rings (SSSR count). The summed E-state index contributed by atoms with van der Waals surface area (Å²) >= 11 is 12.5. The predicted octanol–water partition coefficient (Wildman–Crippen LogP) is 5.27. The van der Waals surface area contributed by atoms with Gasteiger partial charge in [0.2, 0.25) is 0 Å². The first-order chi connectivity index (χ1) is 10.9. The van der Waals surface area contributed by atoms with Crippen molar-refractivity contribution in [3.63, 3.8) is 0 Å². The van der Waals surface area contributed by atoms with E-state index in [-0.39, 0.29) is 5.92 Å². The number of hydrogen-bond acceptors (Lipinski definition) is 3. The van der Waals surface area contributed by atoms with Crippen LogP contribution in [0, 0.1) is 6.92 Å². The summed E-state index contributed by atoms with van der Waals surface area (Å²) in [5.41, 5.74) is 3.80. The van der Waals surface area contributed by atoms with Gasteiger partial charge in [0.1, 0.15) is 0 Å². The minimum absolute atomic E-state index is 0.0692. The quantitative estimate of drug-likeness (QED) is 0.723. The van der Waals surface area contributed by atoms with E-state index in [0.717, 1.165) is 16.7 Å². The number of ether oxygens (including phenoxy) is 1. The van der Waals surface area contributed by atoms with E-state index in [4.69, 9.17) is 33.0 Å². The zero-order valence-electron chi connectivity index (χ0n) is 12.3. The average Bonchev–Trinajstić information content (AvgIpc) is 2.45. The Morgan fingerprint density at radius 3 is 2.78 bits per heavy atom. The fraction of sp³-hybridized carbons (Fsp3) is 0.235. The molecule has 6 heteroatoms. The lowest BCUT2D eigenvalue weighted by Crippen LogP contribution is -2.32. The number of benzene rings is 2. The fourth-order valence-electron chi connectivity index (χ4n) is 3.01. The average molecular weight is 352 g/mol. The van der Waals surface area contributed by atoms with Gasteiger partial charge < -0.3 is 15.2 Å². The lowest BCUT2D eigenvalue weighted by molar-refractivity contribution is 0.0562. The highest BCUT2D eigenvalue weighted by atomic mass is 35.5. The van der Waals surface area contributed by atoms with Gasteiger partial charge in [-0.15, -0.1) is 0 Å². The summed E-state index contributed by atoms with van der Waals surface area (Å²) in [6.45, 7) is 2.01. The van der Waals surface area contributed by atoms with E-state index in [0.29, 0.717) is 22.2 Å². The molecule has 0 aromatic heterocycles. The number of hydrogen-bond donors (Lipinski definition) is 2. The summed E-state index contributed by atoms with van der Waals surface area (Å²) in [5.74, 6) is -0.0692. The zero-order valence-corrected chi connectivity index (χ0v) is 13.9. The molecule has 0 saturated heterocycles. The molecule has 120 valence electrons. The minimum Gasteiger partial charge on any atom is -0.450 e. The van der Waals surface area contributed by atoms with Crippen molar-refractivity contribution in [3.8, 4) is 0 Å². The van der Waals surface area contributed by atoms with E-state index in [1.165, 1.54) is 0 Å². The van der Waals surface area contributed by atoms with Crippen LogP contribution >= 0.6 is 23.2 Å². The van der Waals surface area contributed by atoms with Crippen molar-refractivity contribution in [3.05, 3.63) is 63.1 Å². The molecule has 2 aromatic rings. The second kappa shape index (κ2) is 6.30. The smallest absolute Gasteiger partial charge is 0.450 e. The Kier molecular flexibility index (Phi) is 4.37. The van der Waals surface area contributed by atoms with Gasteiger partial charge >= 0.3 is 6.16 Å². The van der Waals surface area contributed by atoms with E-state index in [1.807, 2.05) is 25.1 Å². The first kappa shape index (κ1) is 16.0. The summed E-state index contributed by atoms with van der Waals surface area (Å²) in [6, 6.07) is 11.5. The largest absolute Gasteiger partial charge is 0.507 e. The molecule has 1 aliphatic rings. The Hall–Kier alpha value is -1.91. The van der Waals surface area contributed by atoms with Crippen LogP contribution < -0.4 is 5.32 Å². The molecule has 1 aliphatic heterocycles. The van der Waals surface area contributed by atoms with E-state index < -0.39 is 12.4 Å². The maximum atomic E-state index is 10.9. The third-order valence-corrected chi connectivity index (χ3v) is 4.43. The number of carbonyl (C=O) groups is 1. The van der Waals surface area contributed by atoms with Gasteiger partial charge in [-0.1, -0.05) is 53.0 Å². The number of rotatable bonds is 2. The van der Waals surface area contributed by atoms with Crippen LogP contribution in [0.5, 0.6) is 0 Å². The molecule has 0 spiro atoms. The van der Waals surface area contributed by atoms with Crippen molar-refractivity contribution in [1.82, 2.24) is 0 Å². The predicted molar refractivity (Wildman–Crippen MR) is 90.6 cm³/mol. The molecule has 0 saturated carbocycles. The Bertz CT molecular complexity index is 763. The lowest BCUT2D eigenvalue weighted by atomic mass is 9.84. The van der Waals surface area contributed by atoms with Crippen LogP contribution in [0.3, 0.4) is 0 Å². The number of aryl methyl sites for hydroxylation is 1. The SMILES string of the molecule is Cc1cccc(C2CC(OC(=O)O)Nc3cc(Cl)cc(Cl)c32)c1. The van der Waals surface area contributed by atoms with E-state index >= 15 is 0 Å². The molecule has 23 heavy (non-hydrogen) atoms. The molecule has 0 bridgehead atoms. The van der Waals surface area contributed by atoms with E-state index in [2.05, 4.69) is 11.4 Å². The summed E-state index contributed by atoms with van der Waals surface area (Å²) in [5, 5.41) is 13.0. The molecule has 0 fully saturated rings. The Morgan fingerprint density at radius 1 is 1.30 bits per heavy atom. The molecule has 2 aromatic carbocycles. The molecule has 0 aliphatic carbocycles. The van der Waals surface area contributed by atoms with Crippen LogP contribution in [0.25, 0.3) is 0 Å². The van der Waals surface area contributed by atoms with Gasteiger partial charge in [0, 0.05) is 33.6 Å². The molecular weight excluding hydrogens is 337 g/mol. The van der Waals surface area contributed by atoms with Crippen molar-refractivity contribution < 1.29 is 14.6 Å². The van der Waals surface area contributed by atoms with Gasteiger partial charge in [-0.2, -0.15) is 0 Å². The fourth-order valence-corrected chi connectivity index (χ4v) is 3.64. The molecule has 0 radical (unpaired) electrons. The van der Waals surface area contributed by atoms with Crippen molar-refractivity contribution >= 4 is 35.0 Å². The Balaban J connectivity index is 2.09. The Labute approximate surface area is 144 Å². The van der Waals surface area contributed by atoms with Gasteiger partial charge in [0.25, 0.3) is 0 Å². The van der Waals surface area contributed by atoms with Crippen molar-refractivity contribution in [2.24, 2.45) is 0 Å². The van der Waals surface area contributed by atoms with Gasteiger partial charge in [-0.05, 0) is 24.6 Å². The highest BCUT2D eigenvalue weighted by molar-refractivity contribution is 6.35. The number of fused-ring (bicyclic) bond motifs is 1. The lowest BCUT2D eigenvalue weighted by Gasteiger charge is -2.33. The summed E-state index contributed by atoms with van der Waals surface area (Å²) in [6.07, 6.45) is -1.51. The second-order valence-corrected chi connectivity index (χ2v) is 6.41. The van der Waals surface area contributed by atoms with Crippen LogP contribution in [0.1, 0.15) is 29.0 Å². The van der Waals surface area contributed by atoms with Crippen molar-refractivity contribution in [2.75, 3.05) is 5.32 Å². The Morgan fingerprint density at radius 2 is 2.09 bits per heavy atom. The first-order valence-corrected chi connectivity index (χ1v) is 7.91.